The van der Waals surface area contributed by atoms with Gasteiger partial charge in [-0.25, -0.2) is 17.9 Å². The number of nitrogens with one attached hydrogen (secondary N) is 2. The summed E-state index contributed by atoms with van der Waals surface area (Å²) in [6, 6.07) is 6.77. The first-order valence-electron chi connectivity index (χ1n) is 7.21. The number of hydrogen-bond donors (Lipinski definition) is 3. The number of hydrogen-bond acceptors (Lipinski definition) is 5. The van der Waals surface area contributed by atoms with Crippen LogP contribution in [0.15, 0.2) is 28.5 Å². The number of aromatic carboxylic acids is 1. The van der Waals surface area contributed by atoms with Gasteiger partial charge < -0.3 is 10.4 Å². The van der Waals surface area contributed by atoms with Crippen molar-refractivity contribution in [2.45, 2.75) is 23.7 Å². The van der Waals surface area contributed by atoms with Crippen LogP contribution in [0.1, 0.15) is 26.4 Å². The number of carboxylic acid groups (broad SMARTS) is 1. The van der Waals surface area contributed by atoms with E-state index in [1.807, 2.05) is 0 Å². The number of carbonyl (C=O) groups is 1. The minimum atomic E-state index is -3.91. The smallest absolute Gasteiger partial charge is 0.338 e. The summed E-state index contributed by atoms with van der Waals surface area (Å²) in [5.41, 5.74) is 1.26. The van der Waals surface area contributed by atoms with Crippen LogP contribution in [0.5, 0.6) is 0 Å². The molecule has 0 aliphatic carbocycles. The lowest BCUT2D eigenvalue weighted by Gasteiger charge is -2.12. The molecule has 1 aromatic carbocycles. The predicted molar refractivity (Wildman–Crippen MR) is 92.2 cm³/mol. The van der Waals surface area contributed by atoms with Crippen LogP contribution < -0.4 is 10.0 Å². The molecule has 2 aromatic rings. The van der Waals surface area contributed by atoms with E-state index in [1.54, 1.807) is 24.3 Å². The largest absolute Gasteiger partial charge is 0.478 e. The molecule has 0 bridgehead atoms. The van der Waals surface area contributed by atoms with Crippen LogP contribution in [0.3, 0.4) is 0 Å². The normalized spacial score (nSPS) is 14.4. The second-order valence-electron chi connectivity index (χ2n) is 5.35. The molecule has 0 saturated carbocycles. The van der Waals surface area contributed by atoms with Crippen molar-refractivity contribution in [1.29, 1.82) is 0 Å². The van der Waals surface area contributed by atoms with Crippen LogP contribution in [0, 0.1) is 0 Å². The molecule has 2 heterocycles. The van der Waals surface area contributed by atoms with Crippen molar-refractivity contribution in [2.24, 2.45) is 0 Å². The zero-order valence-electron chi connectivity index (χ0n) is 12.5. The minimum absolute atomic E-state index is 0.0688. The summed E-state index contributed by atoms with van der Waals surface area (Å²) in [4.78, 5) is 12.4. The van der Waals surface area contributed by atoms with Crippen molar-refractivity contribution < 1.29 is 18.3 Å². The molecule has 3 rings (SSSR count). The molecule has 0 radical (unpaired) electrons. The van der Waals surface area contributed by atoms with Crippen LogP contribution in [0.4, 0.5) is 0 Å². The van der Waals surface area contributed by atoms with Gasteiger partial charge in [0.25, 0.3) is 10.0 Å². The van der Waals surface area contributed by atoms with Crippen molar-refractivity contribution in [3.63, 3.8) is 0 Å². The fraction of sp³-hybridized carbons (Fsp3) is 0.267. The van der Waals surface area contributed by atoms with Gasteiger partial charge in [-0.15, -0.1) is 11.3 Å². The average molecular weight is 387 g/mol. The van der Waals surface area contributed by atoms with Gasteiger partial charge in [0.15, 0.2) is 0 Å². The molecule has 128 valence electrons. The fourth-order valence-electron chi connectivity index (χ4n) is 2.56. The third-order valence-electron chi connectivity index (χ3n) is 3.73. The Kier molecular flexibility index (Phi) is 4.93. The molecule has 1 aliphatic rings. The minimum Gasteiger partial charge on any atom is -0.478 e. The fourth-order valence-corrected chi connectivity index (χ4v) is 5.61. The predicted octanol–water partition coefficient (Wildman–Crippen LogP) is 2.22. The highest BCUT2D eigenvalue weighted by Crippen LogP contribution is 2.34. The maximum absolute atomic E-state index is 12.6. The van der Waals surface area contributed by atoms with Crippen molar-refractivity contribution >= 4 is 38.9 Å². The van der Waals surface area contributed by atoms with Crippen LogP contribution in [-0.2, 0) is 29.5 Å². The Balaban J connectivity index is 1.90. The number of rotatable bonds is 5. The first-order chi connectivity index (χ1) is 11.4. The highest BCUT2D eigenvalue weighted by atomic mass is 35.5. The van der Waals surface area contributed by atoms with Gasteiger partial charge in [0, 0.05) is 23.0 Å². The van der Waals surface area contributed by atoms with Gasteiger partial charge in [0.05, 0.1) is 5.56 Å². The van der Waals surface area contributed by atoms with Gasteiger partial charge >= 0.3 is 5.97 Å². The summed E-state index contributed by atoms with van der Waals surface area (Å²) in [5, 5.41) is 13.2. The SMILES string of the molecule is O=C(O)c1c(S(=O)(=O)NCc2ccc(Cl)cc2)sc2c1CCNC2. The molecule has 9 heteroatoms. The Morgan fingerprint density at radius 3 is 2.71 bits per heavy atom. The molecule has 0 fully saturated rings. The van der Waals surface area contributed by atoms with Crippen molar-refractivity contribution in [1.82, 2.24) is 10.0 Å². The van der Waals surface area contributed by atoms with Crippen molar-refractivity contribution in [3.8, 4) is 0 Å². The Bertz CT molecular complexity index is 876. The molecule has 24 heavy (non-hydrogen) atoms. The molecular formula is C15H15ClN2O4S2. The van der Waals surface area contributed by atoms with E-state index >= 15 is 0 Å². The first-order valence-corrected chi connectivity index (χ1v) is 9.89. The number of sulfonamides is 1. The van der Waals surface area contributed by atoms with E-state index in [-0.39, 0.29) is 16.3 Å². The summed E-state index contributed by atoms with van der Waals surface area (Å²) < 4.78 is 27.6. The zero-order valence-corrected chi connectivity index (χ0v) is 14.9. The van der Waals surface area contributed by atoms with Crippen LogP contribution in [0.2, 0.25) is 5.02 Å². The zero-order chi connectivity index (χ0) is 17.3. The molecule has 0 atom stereocenters. The topological polar surface area (TPSA) is 95.5 Å². The average Bonchev–Trinajstić information content (AvgIpc) is 2.95. The molecule has 0 unspecified atom stereocenters. The lowest BCUT2D eigenvalue weighted by atomic mass is 10.1. The van der Waals surface area contributed by atoms with E-state index < -0.39 is 16.0 Å². The third kappa shape index (κ3) is 3.47. The molecule has 1 aromatic heterocycles. The third-order valence-corrected chi connectivity index (χ3v) is 7.14. The van der Waals surface area contributed by atoms with Gasteiger partial charge in [0.2, 0.25) is 0 Å². The van der Waals surface area contributed by atoms with Crippen LogP contribution >= 0.6 is 22.9 Å². The monoisotopic (exact) mass is 386 g/mol. The highest BCUT2D eigenvalue weighted by molar-refractivity contribution is 7.91. The van der Waals surface area contributed by atoms with Gasteiger partial charge in [-0.3, -0.25) is 0 Å². The first kappa shape index (κ1) is 17.4. The summed E-state index contributed by atoms with van der Waals surface area (Å²) in [5.74, 6) is -1.21. The van der Waals surface area contributed by atoms with Gasteiger partial charge in [-0.2, -0.15) is 0 Å². The van der Waals surface area contributed by atoms with E-state index in [2.05, 4.69) is 10.0 Å². The maximum atomic E-state index is 12.6. The second-order valence-corrected chi connectivity index (χ2v) is 8.85. The van der Waals surface area contributed by atoms with Crippen LogP contribution in [0.25, 0.3) is 0 Å². The van der Waals surface area contributed by atoms with Gasteiger partial charge in [-0.1, -0.05) is 23.7 Å². The molecule has 0 saturated heterocycles. The molecule has 0 spiro atoms. The van der Waals surface area contributed by atoms with E-state index in [1.165, 1.54) is 0 Å². The standard InChI is InChI=1S/C15H15ClN2O4S2/c16-10-3-1-9(2-4-10)7-18-24(21,22)15-13(14(19)20)11-5-6-17-8-12(11)23-15/h1-4,17-18H,5-8H2,(H,19,20). The summed E-state index contributed by atoms with van der Waals surface area (Å²) >= 11 is 6.82. The lowest BCUT2D eigenvalue weighted by molar-refractivity contribution is 0.0692. The summed E-state index contributed by atoms with van der Waals surface area (Å²) in [6.45, 7) is 1.20. The number of benzene rings is 1. The van der Waals surface area contributed by atoms with E-state index in [0.29, 0.717) is 30.1 Å². The lowest BCUT2D eigenvalue weighted by Crippen LogP contribution is -2.25. The Morgan fingerprint density at radius 1 is 1.33 bits per heavy atom. The van der Waals surface area contributed by atoms with Gasteiger partial charge in [-0.05, 0) is 36.2 Å². The Morgan fingerprint density at radius 2 is 2.04 bits per heavy atom. The quantitative estimate of drug-likeness (QED) is 0.732. The summed E-state index contributed by atoms with van der Waals surface area (Å²) in [7, 11) is -3.91. The Labute approximate surface area is 148 Å². The number of thiophene rings is 1. The Hall–Kier alpha value is -1.45. The van der Waals surface area contributed by atoms with Gasteiger partial charge in [0.1, 0.15) is 4.21 Å². The molecular weight excluding hydrogens is 372 g/mol. The summed E-state index contributed by atoms with van der Waals surface area (Å²) in [6.07, 6.45) is 0.514. The van der Waals surface area contributed by atoms with Crippen molar-refractivity contribution in [2.75, 3.05) is 6.54 Å². The number of fused-ring (bicyclic) bond motifs is 1. The van der Waals surface area contributed by atoms with E-state index in [4.69, 9.17) is 11.6 Å². The molecule has 0 amide bonds. The number of carboxylic acids is 1. The molecule has 6 nitrogen and oxygen atoms in total. The second kappa shape index (κ2) is 6.81. The molecule has 1 aliphatic heterocycles. The number of halogens is 1. The van der Waals surface area contributed by atoms with Crippen molar-refractivity contribution in [3.05, 3.63) is 50.9 Å². The highest BCUT2D eigenvalue weighted by Gasteiger charge is 2.31. The maximum Gasteiger partial charge on any atom is 0.338 e. The van der Waals surface area contributed by atoms with E-state index in [0.717, 1.165) is 21.8 Å². The van der Waals surface area contributed by atoms with E-state index in [9.17, 15) is 18.3 Å². The molecule has 3 N–H and O–H groups in total. The van der Waals surface area contributed by atoms with Crippen LogP contribution in [-0.4, -0.2) is 26.0 Å².